The number of ether oxygens (including phenoxy) is 1. The van der Waals surface area contributed by atoms with E-state index in [-0.39, 0.29) is 5.56 Å². The van der Waals surface area contributed by atoms with Gasteiger partial charge in [0.15, 0.2) is 0 Å². The number of amides is 1. The molecule has 194 valence electrons. The summed E-state index contributed by atoms with van der Waals surface area (Å²) in [5.41, 5.74) is -1.21. The zero-order chi connectivity index (χ0) is 25.7. The van der Waals surface area contributed by atoms with Crippen LogP contribution in [0.15, 0.2) is 54.6 Å². The fourth-order valence-corrected chi connectivity index (χ4v) is 4.24. The van der Waals surface area contributed by atoms with Crippen LogP contribution in [0.2, 0.25) is 0 Å². The van der Waals surface area contributed by atoms with Crippen LogP contribution in [0.3, 0.4) is 0 Å². The molecule has 0 spiro atoms. The Labute approximate surface area is 206 Å². The van der Waals surface area contributed by atoms with Crippen LogP contribution in [-0.4, -0.2) is 36.9 Å². The highest BCUT2D eigenvalue weighted by molar-refractivity contribution is 5.88. The van der Waals surface area contributed by atoms with E-state index in [1.165, 1.54) is 61.9 Å². The molecule has 0 heterocycles. The molecule has 0 saturated heterocycles. The maximum atomic E-state index is 14.1. The third-order valence-corrected chi connectivity index (χ3v) is 6.38. The van der Waals surface area contributed by atoms with Crippen LogP contribution in [0.25, 0.3) is 0 Å². The second-order valence-electron chi connectivity index (χ2n) is 8.97. The van der Waals surface area contributed by atoms with E-state index >= 15 is 0 Å². The maximum Gasteiger partial charge on any atom is 0.430 e. The molecule has 0 aromatic heterocycles. The van der Waals surface area contributed by atoms with Gasteiger partial charge in [-0.1, -0.05) is 93.6 Å². The van der Waals surface area contributed by atoms with Crippen molar-refractivity contribution >= 4 is 5.91 Å². The van der Waals surface area contributed by atoms with Crippen molar-refractivity contribution in [2.75, 3.05) is 13.7 Å². The smallest absolute Gasteiger partial charge is 0.394 e. The number of nitrogens with one attached hydrogen (secondary N) is 1. The number of carbonyl (C=O) groups is 1. The van der Waals surface area contributed by atoms with Crippen molar-refractivity contribution in [2.45, 2.75) is 82.5 Å². The molecule has 0 aliphatic carbocycles. The van der Waals surface area contributed by atoms with Gasteiger partial charge in [-0.2, -0.15) is 13.2 Å². The third kappa shape index (κ3) is 8.07. The summed E-state index contributed by atoms with van der Waals surface area (Å²) < 4.78 is 47.0. The number of benzene rings is 2. The monoisotopic (exact) mass is 493 g/mol. The number of methoxy groups -OCH3 is 1. The first kappa shape index (κ1) is 28.9. The van der Waals surface area contributed by atoms with E-state index in [9.17, 15) is 23.1 Å². The maximum absolute atomic E-state index is 14.1. The Morgan fingerprint density at radius 1 is 0.914 bits per heavy atom. The van der Waals surface area contributed by atoms with Crippen LogP contribution in [0.1, 0.15) is 68.6 Å². The molecule has 1 amide bonds. The standard InChI is InChI=1S/C28H38F3NO3/c1-3-4-5-6-7-9-12-22-15-17-23(18-16-22)19-20-25(21-33)32-26(34)27(35-2,28(29,30)31)24-13-10-8-11-14-24/h8,10-11,13-18,25,33H,3-7,9,12,19-21H2,1-2H3,(H,32,34)/t25-,27?/m1/s1. The second-order valence-corrected chi connectivity index (χ2v) is 8.97. The van der Waals surface area contributed by atoms with Crippen LogP contribution in [0, 0.1) is 0 Å². The van der Waals surface area contributed by atoms with Gasteiger partial charge in [0, 0.05) is 12.7 Å². The Bertz CT molecular complexity index is 871. The number of alkyl halides is 3. The van der Waals surface area contributed by atoms with Crippen LogP contribution in [0.4, 0.5) is 13.2 Å². The molecular weight excluding hydrogens is 455 g/mol. The SMILES string of the molecule is CCCCCCCCc1ccc(CC[C@H](CO)NC(=O)C(OC)(c2ccccc2)C(F)(F)F)cc1. The topological polar surface area (TPSA) is 58.6 Å². The molecule has 0 fully saturated rings. The minimum atomic E-state index is -4.99. The number of carbonyl (C=O) groups excluding carboxylic acids is 1. The highest BCUT2D eigenvalue weighted by Gasteiger charge is 2.62. The van der Waals surface area contributed by atoms with E-state index in [2.05, 4.69) is 24.4 Å². The fraction of sp³-hybridized carbons (Fsp3) is 0.536. The summed E-state index contributed by atoms with van der Waals surface area (Å²) >= 11 is 0. The van der Waals surface area contributed by atoms with Gasteiger partial charge in [0.2, 0.25) is 0 Å². The van der Waals surface area contributed by atoms with Gasteiger partial charge in [-0.3, -0.25) is 4.79 Å². The third-order valence-electron chi connectivity index (χ3n) is 6.38. The first-order valence-corrected chi connectivity index (χ1v) is 12.5. The Kier molecular flexibility index (Phi) is 11.7. The van der Waals surface area contributed by atoms with Crippen LogP contribution in [-0.2, 0) is 28.0 Å². The zero-order valence-corrected chi connectivity index (χ0v) is 20.7. The molecule has 0 bridgehead atoms. The average Bonchev–Trinajstić information content (AvgIpc) is 2.85. The minimum absolute atomic E-state index is 0.297. The van der Waals surface area contributed by atoms with Gasteiger partial charge in [0.25, 0.3) is 11.5 Å². The number of hydrogen-bond acceptors (Lipinski definition) is 3. The van der Waals surface area contributed by atoms with E-state index in [0.29, 0.717) is 12.8 Å². The first-order chi connectivity index (χ1) is 16.8. The van der Waals surface area contributed by atoms with E-state index in [4.69, 9.17) is 4.74 Å². The quantitative estimate of drug-likeness (QED) is 0.295. The molecule has 2 atom stereocenters. The lowest BCUT2D eigenvalue weighted by Gasteiger charge is -2.34. The molecule has 0 radical (unpaired) electrons. The second kappa shape index (κ2) is 14.2. The predicted molar refractivity (Wildman–Crippen MR) is 132 cm³/mol. The predicted octanol–water partition coefficient (Wildman–Crippen LogP) is 6.10. The summed E-state index contributed by atoms with van der Waals surface area (Å²) in [4.78, 5) is 12.9. The molecule has 2 aromatic rings. The van der Waals surface area contributed by atoms with Crippen molar-refractivity contribution in [3.63, 3.8) is 0 Å². The Balaban J connectivity index is 1.95. The highest BCUT2D eigenvalue weighted by atomic mass is 19.4. The molecule has 2 N–H and O–H groups in total. The number of aliphatic hydroxyl groups excluding tert-OH is 1. The number of halogens is 3. The number of aliphatic hydroxyl groups is 1. The van der Waals surface area contributed by atoms with Crippen molar-refractivity contribution in [1.29, 1.82) is 0 Å². The molecule has 2 rings (SSSR count). The Morgan fingerprint density at radius 3 is 2.03 bits per heavy atom. The number of rotatable bonds is 15. The highest BCUT2D eigenvalue weighted by Crippen LogP contribution is 2.42. The molecule has 2 aromatic carbocycles. The van der Waals surface area contributed by atoms with Gasteiger partial charge in [-0.05, 0) is 36.8 Å². The van der Waals surface area contributed by atoms with Gasteiger partial charge in [0.05, 0.1) is 12.6 Å². The molecule has 0 aliphatic heterocycles. The molecule has 4 nitrogen and oxygen atoms in total. The van der Waals surface area contributed by atoms with Gasteiger partial charge in [-0.15, -0.1) is 0 Å². The minimum Gasteiger partial charge on any atom is -0.394 e. The van der Waals surface area contributed by atoms with E-state index < -0.39 is 30.3 Å². The van der Waals surface area contributed by atoms with Crippen molar-refractivity contribution in [3.8, 4) is 0 Å². The van der Waals surface area contributed by atoms with Crippen molar-refractivity contribution in [2.24, 2.45) is 0 Å². The lowest BCUT2D eigenvalue weighted by Crippen LogP contribution is -2.58. The summed E-state index contributed by atoms with van der Waals surface area (Å²) in [6.07, 6.45) is 4.32. The summed E-state index contributed by atoms with van der Waals surface area (Å²) in [5, 5.41) is 12.1. The number of unbranched alkanes of at least 4 members (excludes halogenated alkanes) is 5. The summed E-state index contributed by atoms with van der Waals surface area (Å²) in [5.74, 6) is -1.34. The summed E-state index contributed by atoms with van der Waals surface area (Å²) in [6, 6.07) is 14.1. The van der Waals surface area contributed by atoms with Crippen LogP contribution >= 0.6 is 0 Å². The Morgan fingerprint density at radius 2 is 1.49 bits per heavy atom. The molecular formula is C28H38F3NO3. The van der Waals surface area contributed by atoms with Gasteiger partial charge in [0.1, 0.15) is 0 Å². The van der Waals surface area contributed by atoms with Crippen molar-refractivity contribution in [1.82, 2.24) is 5.32 Å². The lowest BCUT2D eigenvalue weighted by molar-refractivity contribution is -0.266. The van der Waals surface area contributed by atoms with Crippen LogP contribution < -0.4 is 5.32 Å². The van der Waals surface area contributed by atoms with Crippen molar-refractivity contribution in [3.05, 3.63) is 71.3 Å². The van der Waals surface area contributed by atoms with Gasteiger partial charge < -0.3 is 15.2 Å². The van der Waals surface area contributed by atoms with E-state index in [1.807, 2.05) is 12.1 Å². The van der Waals surface area contributed by atoms with Crippen molar-refractivity contribution < 1.29 is 27.8 Å². The summed E-state index contributed by atoms with van der Waals surface area (Å²) in [7, 11) is 0.862. The molecule has 0 aliphatic rings. The van der Waals surface area contributed by atoms with E-state index in [0.717, 1.165) is 25.5 Å². The Hall–Kier alpha value is -2.38. The van der Waals surface area contributed by atoms with E-state index in [1.54, 1.807) is 6.07 Å². The average molecular weight is 494 g/mol. The zero-order valence-electron chi connectivity index (χ0n) is 20.7. The van der Waals surface area contributed by atoms with Crippen LogP contribution in [0.5, 0.6) is 0 Å². The lowest BCUT2D eigenvalue weighted by atomic mass is 9.91. The van der Waals surface area contributed by atoms with Gasteiger partial charge >= 0.3 is 6.18 Å². The largest absolute Gasteiger partial charge is 0.430 e. The molecule has 0 saturated carbocycles. The first-order valence-electron chi connectivity index (χ1n) is 12.5. The number of aryl methyl sites for hydroxylation is 2. The van der Waals surface area contributed by atoms with Gasteiger partial charge in [-0.25, -0.2) is 0 Å². The molecule has 1 unspecified atom stereocenters. The summed E-state index contributed by atoms with van der Waals surface area (Å²) in [6.45, 7) is 1.73. The molecule has 35 heavy (non-hydrogen) atoms. The normalized spacial score (nSPS) is 14.3. The fourth-order valence-electron chi connectivity index (χ4n) is 4.24. The number of hydrogen-bond donors (Lipinski definition) is 2. The molecule has 7 heteroatoms.